The monoisotopic (exact) mass is 398 g/mol. The lowest BCUT2D eigenvalue weighted by Gasteiger charge is -2.16. The predicted molar refractivity (Wildman–Crippen MR) is 104 cm³/mol. The molecule has 0 saturated carbocycles. The number of aryl methyl sites for hydroxylation is 2. The van der Waals surface area contributed by atoms with Crippen molar-refractivity contribution in [2.75, 3.05) is 13.1 Å². The topological polar surface area (TPSA) is 89.2 Å². The highest BCUT2D eigenvalue weighted by atomic mass is 32.2. The van der Waals surface area contributed by atoms with Crippen molar-refractivity contribution in [3.05, 3.63) is 59.9 Å². The summed E-state index contributed by atoms with van der Waals surface area (Å²) in [6.45, 7) is 4.78. The number of hydrogen-bond acceptors (Lipinski definition) is 6. The molecule has 1 aliphatic heterocycles. The van der Waals surface area contributed by atoms with Crippen LogP contribution in [0, 0.1) is 19.8 Å². The molecule has 146 valence electrons. The third kappa shape index (κ3) is 3.57. The van der Waals surface area contributed by atoms with Crippen molar-refractivity contribution < 1.29 is 12.9 Å². The van der Waals surface area contributed by atoms with Gasteiger partial charge in [0.2, 0.25) is 10.0 Å². The second kappa shape index (κ2) is 7.44. The highest BCUT2D eigenvalue weighted by Crippen LogP contribution is 2.28. The first-order valence-corrected chi connectivity index (χ1v) is 10.7. The standard InChI is InChI=1S/C20H22N4O3S/c1-14-20(15(2)27-23-14)19-11-17(21-13-22-19)10-16-8-9-24(12-16)28(25,26)18-6-4-3-5-7-18/h3-7,11,13,16H,8-10,12H2,1-2H3/t16-/m0/s1. The maximum atomic E-state index is 12.8. The van der Waals surface area contributed by atoms with Crippen LogP contribution in [-0.4, -0.2) is 40.9 Å². The van der Waals surface area contributed by atoms with Crippen molar-refractivity contribution in [1.82, 2.24) is 19.4 Å². The van der Waals surface area contributed by atoms with Crippen LogP contribution in [0.5, 0.6) is 0 Å². The molecule has 1 aromatic carbocycles. The number of nitrogens with zero attached hydrogens (tertiary/aromatic N) is 4. The van der Waals surface area contributed by atoms with Gasteiger partial charge in [0.05, 0.1) is 21.8 Å². The van der Waals surface area contributed by atoms with E-state index in [0.29, 0.717) is 24.4 Å². The summed E-state index contributed by atoms with van der Waals surface area (Å²) in [5, 5.41) is 3.98. The Balaban J connectivity index is 1.49. The lowest BCUT2D eigenvalue weighted by atomic mass is 10.0. The first-order valence-electron chi connectivity index (χ1n) is 9.24. The zero-order valence-electron chi connectivity index (χ0n) is 15.9. The van der Waals surface area contributed by atoms with Crippen molar-refractivity contribution in [1.29, 1.82) is 0 Å². The smallest absolute Gasteiger partial charge is 0.243 e. The fourth-order valence-corrected chi connectivity index (χ4v) is 5.27. The number of rotatable bonds is 5. The Morgan fingerprint density at radius 1 is 1.18 bits per heavy atom. The minimum absolute atomic E-state index is 0.228. The molecule has 2 aromatic heterocycles. The van der Waals surface area contributed by atoms with Crippen LogP contribution in [0.25, 0.3) is 11.3 Å². The fourth-order valence-electron chi connectivity index (χ4n) is 3.71. The molecule has 1 atom stereocenters. The first kappa shape index (κ1) is 18.8. The maximum absolute atomic E-state index is 12.8. The van der Waals surface area contributed by atoms with Gasteiger partial charge in [-0.15, -0.1) is 0 Å². The van der Waals surface area contributed by atoms with Gasteiger partial charge >= 0.3 is 0 Å². The molecule has 4 rings (SSSR count). The Morgan fingerprint density at radius 2 is 1.96 bits per heavy atom. The fraction of sp³-hybridized carbons (Fsp3) is 0.350. The average Bonchev–Trinajstić information content (AvgIpc) is 3.29. The van der Waals surface area contributed by atoms with Crippen LogP contribution in [0.3, 0.4) is 0 Å². The zero-order valence-corrected chi connectivity index (χ0v) is 16.7. The Bertz CT molecular complexity index is 1060. The second-order valence-electron chi connectivity index (χ2n) is 7.13. The van der Waals surface area contributed by atoms with E-state index in [1.807, 2.05) is 26.0 Å². The van der Waals surface area contributed by atoms with Crippen LogP contribution >= 0.6 is 0 Å². The lowest BCUT2D eigenvalue weighted by molar-refractivity contribution is 0.393. The minimum atomic E-state index is -3.44. The van der Waals surface area contributed by atoms with Crippen LogP contribution in [0.4, 0.5) is 0 Å². The molecule has 0 unspecified atom stereocenters. The normalized spacial score (nSPS) is 17.9. The summed E-state index contributed by atoms with van der Waals surface area (Å²) >= 11 is 0. The summed E-state index contributed by atoms with van der Waals surface area (Å²) in [6, 6.07) is 10.5. The molecule has 0 aliphatic carbocycles. The maximum Gasteiger partial charge on any atom is 0.243 e. The quantitative estimate of drug-likeness (QED) is 0.656. The molecule has 0 amide bonds. The van der Waals surface area contributed by atoms with Crippen LogP contribution < -0.4 is 0 Å². The van der Waals surface area contributed by atoms with Crippen molar-refractivity contribution in [2.45, 2.75) is 31.6 Å². The Hall–Kier alpha value is -2.58. The van der Waals surface area contributed by atoms with Gasteiger partial charge in [0.15, 0.2) is 0 Å². The van der Waals surface area contributed by atoms with Gasteiger partial charge in [0.1, 0.15) is 12.1 Å². The van der Waals surface area contributed by atoms with Crippen LogP contribution in [0.2, 0.25) is 0 Å². The second-order valence-corrected chi connectivity index (χ2v) is 9.07. The lowest BCUT2D eigenvalue weighted by Crippen LogP contribution is -2.29. The number of aromatic nitrogens is 3. The van der Waals surface area contributed by atoms with Gasteiger partial charge in [0.25, 0.3) is 0 Å². The molecule has 0 bridgehead atoms. The molecule has 7 nitrogen and oxygen atoms in total. The van der Waals surface area contributed by atoms with E-state index < -0.39 is 10.0 Å². The van der Waals surface area contributed by atoms with Gasteiger partial charge in [-0.05, 0) is 50.8 Å². The van der Waals surface area contributed by atoms with E-state index in [-0.39, 0.29) is 5.92 Å². The Labute approximate surface area is 164 Å². The van der Waals surface area contributed by atoms with Crippen molar-refractivity contribution in [3.63, 3.8) is 0 Å². The van der Waals surface area contributed by atoms with Gasteiger partial charge in [0, 0.05) is 18.8 Å². The summed E-state index contributed by atoms with van der Waals surface area (Å²) in [5.74, 6) is 0.953. The molecular weight excluding hydrogens is 376 g/mol. The molecule has 1 aliphatic rings. The summed E-state index contributed by atoms with van der Waals surface area (Å²) in [7, 11) is -3.44. The van der Waals surface area contributed by atoms with Crippen LogP contribution in [-0.2, 0) is 16.4 Å². The van der Waals surface area contributed by atoms with Crippen LogP contribution in [0.1, 0.15) is 23.6 Å². The predicted octanol–water partition coefficient (Wildman–Crippen LogP) is 3.00. The average molecular weight is 398 g/mol. The summed E-state index contributed by atoms with van der Waals surface area (Å²) < 4.78 is 32.4. The van der Waals surface area contributed by atoms with Crippen molar-refractivity contribution in [2.24, 2.45) is 5.92 Å². The number of sulfonamides is 1. The molecule has 3 aromatic rings. The van der Waals surface area contributed by atoms with Gasteiger partial charge < -0.3 is 4.52 Å². The highest BCUT2D eigenvalue weighted by Gasteiger charge is 2.32. The van der Waals surface area contributed by atoms with Crippen LogP contribution in [0.15, 0.2) is 52.1 Å². The van der Waals surface area contributed by atoms with E-state index in [4.69, 9.17) is 4.52 Å². The van der Waals surface area contributed by atoms with E-state index in [9.17, 15) is 8.42 Å². The number of benzene rings is 1. The molecule has 0 spiro atoms. The largest absolute Gasteiger partial charge is 0.361 e. The molecule has 1 saturated heterocycles. The van der Waals surface area contributed by atoms with E-state index >= 15 is 0 Å². The third-order valence-corrected chi connectivity index (χ3v) is 7.02. The highest BCUT2D eigenvalue weighted by molar-refractivity contribution is 7.89. The van der Waals surface area contributed by atoms with E-state index in [0.717, 1.165) is 34.8 Å². The van der Waals surface area contributed by atoms with E-state index in [1.54, 1.807) is 34.9 Å². The molecular formula is C20H22N4O3S. The number of hydrogen-bond donors (Lipinski definition) is 0. The van der Waals surface area contributed by atoms with Gasteiger partial charge in [-0.3, -0.25) is 0 Å². The SMILES string of the molecule is Cc1noc(C)c1-c1cc(C[C@@H]2CCN(S(=O)(=O)c3ccccc3)C2)ncn1. The molecule has 28 heavy (non-hydrogen) atoms. The Kier molecular flexibility index (Phi) is 4.99. The van der Waals surface area contributed by atoms with Crippen molar-refractivity contribution >= 4 is 10.0 Å². The van der Waals surface area contributed by atoms with Crippen molar-refractivity contribution in [3.8, 4) is 11.3 Å². The summed E-state index contributed by atoms with van der Waals surface area (Å²) in [6.07, 6.45) is 3.07. The molecule has 0 N–H and O–H groups in total. The molecule has 8 heteroatoms. The van der Waals surface area contributed by atoms with E-state index in [2.05, 4.69) is 15.1 Å². The van der Waals surface area contributed by atoms with Gasteiger partial charge in [-0.2, -0.15) is 4.31 Å². The van der Waals surface area contributed by atoms with Gasteiger partial charge in [-0.25, -0.2) is 18.4 Å². The molecule has 0 radical (unpaired) electrons. The van der Waals surface area contributed by atoms with Gasteiger partial charge in [-0.1, -0.05) is 23.4 Å². The summed E-state index contributed by atoms with van der Waals surface area (Å²) in [5.41, 5.74) is 3.37. The summed E-state index contributed by atoms with van der Waals surface area (Å²) in [4.78, 5) is 9.09. The minimum Gasteiger partial charge on any atom is -0.361 e. The van der Waals surface area contributed by atoms with E-state index in [1.165, 1.54) is 0 Å². The zero-order chi connectivity index (χ0) is 19.7. The molecule has 3 heterocycles. The third-order valence-electron chi connectivity index (χ3n) is 5.14. The Morgan fingerprint density at radius 3 is 2.68 bits per heavy atom. The molecule has 1 fully saturated rings. The first-order chi connectivity index (χ1) is 13.4.